The Balaban J connectivity index is 0.00000280. The van der Waals surface area contributed by atoms with E-state index in [4.69, 9.17) is 4.74 Å². The fourth-order valence-corrected chi connectivity index (χ4v) is 3.18. The zero-order chi connectivity index (χ0) is 18.9. The van der Waals surface area contributed by atoms with Crippen molar-refractivity contribution >= 4 is 35.8 Å². The van der Waals surface area contributed by atoms with Crippen molar-refractivity contribution in [1.29, 1.82) is 0 Å². The molecule has 3 rings (SSSR count). The monoisotopic (exact) mass is 501 g/mol. The number of pyridine rings is 1. The Bertz CT molecular complexity index is 645. The average molecular weight is 501 g/mol. The van der Waals surface area contributed by atoms with Gasteiger partial charge in [-0.25, -0.2) is 9.98 Å². The summed E-state index contributed by atoms with van der Waals surface area (Å²) in [7, 11) is 0. The topological polar surface area (TPSA) is 87.6 Å². The molecule has 1 aromatic rings. The molecule has 0 aliphatic heterocycles. The van der Waals surface area contributed by atoms with Gasteiger partial charge in [-0.3, -0.25) is 4.79 Å². The molecule has 0 atom stereocenters. The summed E-state index contributed by atoms with van der Waals surface area (Å²) >= 11 is 0. The van der Waals surface area contributed by atoms with Crippen LogP contribution in [0.25, 0.3) is 0 Å². The van der Waals surface area contributed by atoms with E-state index in [1.807, 2.05) is 19.1 Å². The van der Waals surface area contributed by atoms with Crippen LogP contribution in [0.3, 0.4) is 0 Å². The molecule has 2 aliphatic carbocycles. The summed E-state index contributed by atoms with van der Waals surface area (Å²) in [5.41, 5.74) is 0.989. The number of rotatable bonds is 9. The van der Waals surface area contributed by atoms with Gasteiger partial charge >= 0.3 is 0 Å². The summed E-state index contributed by atoms with van der Waals surface area (Å²) in [6.45, 7) is 4.55. The first-order chi connectivity index (χ1) is 13.3. The molecule has 2 aliphatic rings. The van der Waals surface area contributed by atoms with E-state index in [1.165, 1.54) is 12.8 Å². The van der Waals surface area contributed by atoms with Gasteiger partial charge in [0.25, 0.3) is 0 Å². The maximum absolute atomic E-state index is 11.7. The van der Waals surface area contributed by atoms with Crippen LogP contribution in [0.4, 0.5) is 0 Å². The molecular formula is C20H32IN5O2. The molecule has 156 valence electrons. The summed E-state index contributed by atoms with van der Waals surface area (Å²) in [5.74, 6) is 1.84. The van der Waals surface area contributed by atoms with Crippen molar-refractivity contribution in [2.24, 2.45) is 10.9 Å². The highest BCUT2D eigenvalue weighted by molar-refractivity contribution is 14.0. The van der Waals surface area contributed by atoms with Gasteiger partial charge in [0, 0.05) is 37.3 Å². The number of halogens is 1. The third kappa shape index (κ3) is 7.44. The number of aliphatic imine (C=N–C) groups is 1. The lowest BCUT2D eigenvalue weighted by molar-refractivity contribution is -0.122. The molecule has 0 aromatic carbocycles. The number of carbonyl (C=O) groups is 1. The zero-order valence-corrected chi connectivity index (χ0v) is 18.9. The molecule has 1 aromatic heterocycles. The zero-order valence-electron chi connectivity index (χ0n) is 16.6. The number of carbonyl (C=O) groups excluding carboxylic acids is 1. The van der Waals surface area contributed by atoms with Crippen LogP contribution in [-0.2, 0) is 11.3 Å². The van der Waals surface area contributed by atoms with Gasteiger partial charge in [-0.1, -0.05) is 6.07 Å². The van der Waals surface area contributed by atoms with E-state index in [1.54, 1.807) is 6.20 Å². The van der Waals surface area contributed by atoms with E-state index in [0.29, 0.717) is 25.5 Å². The van der Waals surface area contributed by atoms with Gasteiger partial charge in [-0.2, -0.15) is 0 Å². The predicted molar refractivity (Wildman–Crippen MR) is 121 cm³/mol. The first-order valence-corrected chi connectivity index (χ1v) is 10.2. The normalized spacial score (nSPS) is 17.0. The number of nitrogens with zero attached hydrogens (tertiary/aromatic N) is 2. The van der Waals surface area contributed by atoms with Gasteiger partial charge in [-0.15, -0.1) is 24.0 Å². The standard InChI is InChI=1S/C20H31N5O2.HI/c1-2-21-20(24-13-12-22-18(26)15-9-10-15)25-14-16-6-5-11-23-19(16)27-17-7-3-4-8-17;/h5-6,11,15,17H,2-4,7-10,12-14H2,1H3,(H,22,26)(H2,21,24,25);1H. The van der Waals surface area contributed by atoms with Crippen molar-refractivity contribution < 1.29 is 9.53 Å². The largest absolute Gasteiger partial charge is 0.474 e. The Labute approximate surface area is 184 Å². The van der Waals surface area contributed by atoms with Crippen LogP contribution in [0.1, 0.15) is 51.0 Å². The Morgan fingerprint density at radius 3 is 2.64 bits per heavy atom. The maximum atomic E-state index is 11.7. The summed E-state index contributed by atoms with van der Waals surface area (Å²) in [6.07, 6.45) is 8.78. The summed E-state index contributed by atoms with van der Waals surface area (Å²) in [5, 5.41) is 9.45. The fourth-order valence-electron chi connectivity index (χ4n) is 3.18. The van der Waals surface area contributed by atoms with Crippen molar-refractivity contribution in [3.8, 4) is 5.88 Å². The van der Waals surface area contributed by atoms with E-state index >= 15 is 0 Å². The second kappa shape index (κ2) is 12.1. The molecule has 0 unspecified atom stereocenters. The van der Waals surface area contributed by atoms with Crippen molar-refractivity contribution in [2.45, 2.75) is 58.1 Å². The van der Waals surface area contributed by atoms with Gasteiger partial charge in [0.05, 0.1) is 6.54 Å². The van der Waals surface area contributed by atoms with Crippen LogP contribution in [0.5, 0.6) is 5.88 Å². The molecule has 8 heteroatoms. The van der Waals surface area contributed by atoms with E-state index in [0.717, 1.165) is 43.8 Å². The van der Waals surface area contributed by atoms with Crippen LogP contribution < -0.4 is 20.7 Å². The van der Waals surface area contributed by atoms with Crippen molar-refractivity contribution in [2.75, 3.05) is 19.6 Å². The highest BCUT2D eigenvalue weighted by atomic mass is 127. The van der Waals surface area contributed by atoms with Crippen molar-refractivity contribution in [3.05, 3.63) is 23.9 Å². The van der Waals surface area contributed by atoms with Crippen LogP contribution in [0, 0.1) is 5.92 Å². The molecule has 2 fully saturated rings. The number of hydrogen-bond acceptors (Lipinski definition) is 4. The minimum absolute atomic E-state index is 0. The molecular weight excluding hydrogens is 469 g/mol. The van der Waals surface area contributed by atoms with E-state index in [9.17, 15) is 4.79 Å². The minimum atomic E-state index is 0. The van der Waals surface area contributed by atoms with Crippen LogP contribution in [0.15, 0.2) is 23.3 Å². The van der Waals surface area contributed by atoms with Crippen LogP contribution >= 0.6 is 24.0 Å². The summed E-state index contributed by atoms with van der Waals surface area (Å²) < 4.78 is 6.08. The minimum Gasteiger partial charge on any atom is -0.474 e. The molecule has 3 N–H and O–H groups in total. The van der Waals surface area contributed by atoms with Gasteiger partial charge in [0.15, 0.2) is 5.96 Å². The second-order valence-corrected chi connectivity index (χ2v) is 7.18. The number of amides is 1. The van der Waals surface area contributed by atoms with Crippen LogP contribution in [-0.4, -0.2) is 42.6 Å². The third-order valence-electron chi connectivity index (χ3n) is 4.85. The highest BCUT2D eigenvalue weighted by Crippen LogP contribution is 2.28. The number of nitrogens with one attached hydrogen (secondary N) is 3. The first-order valence-electron chi connectivity index (χ1n) is 10.2. The van der Waals surface area contributed by atoms with E-state index < -0.39 is 0 Å². The Morgan fingerprint density at radius 1 is 1.18 bits per heavy atom. The van der Waals surface area contributed by atoms with E-state index in [-0.39, 0.29) is 41.9 Å². The molecule has 0 spiro atoms. The fraction of sp³-hybridized carbons (Fsp3) is 0.650. The van der Waals surface area contributed by atoms with Gasteiger partial charge < -0.3 is 20.7 Å². The number of aromatic nitrogens is 1. The Morgan fingerprint density at radius 2 is 1.93 bits per heavy atom. The Kier molecular flexibility index (Phi) is 9.80. The molecule has 2 saturated carbocycles. The second-order valence-electron chi connectivity index (χ2n) is 7.18. The Hall–Kier alpha value is -1.58. The van der Waals surface area contributed by atoms with Crippen LogP contribution in [0.2, 0.25) is 0 Å². The molecule has 7 nitrogen and oxygen atoms in total. The lowest BCUT2D eigenvalue weighted by Crippen LogP contribution is -2.41. The van der Waals surface area contributed by atoms with Crippen molar-refractivity contribution in [1.82, 2.24) is 20.9 Å². The number of ether oxygens (including phenoxy) is 1. The van der Waals surface area contributed by atoms with Gasteiger partial charge in [0.2, 0.25) is 11.8 Å². The lowest BCUT2D eigenvalue weighted by Gasteiger charge is -2.15. The predicted octanol–water partition coefficient (Wildman–Crippen LogP) is 2.60. The quantitative estimate of drug-likeness (QED) is 0.210. The van der Waals surface area contributed by atoms with Gasteiger partial charge in [0.1, 0.15) is 6.10 Å². The SMILES string of the molecule is CCNC(=NCc1cccnc1OC1CCCC1)NCCNC(=O)C1CC1.I. The smallest absolute Gasteiger partial charge is 0.223 e. The highest BCUT2D eigenvalue weighted by Gasteiger charge is 2.28. The first kappa shape index (κ1) is 22.7. The summed E-state index contributed by atoms with van der Waals surface area (Å²) in [6, 6.07) is 3.93. The number of hydrogen-bond donors (Lipinski definition) is 3. The molecule has 0 radical (unpaired) electrons. The molecule has 28 heavy (non-hydrogen) atoms. The average Bonchev–Trinajstić information content (AvgIpc) is 3.41. The lowest BCUT2D eigenvalue weighted by atomic mass is 10.2. The number of guanidine groups is 1. The molecule has 0 saturated heterocycles. The molecule has 0 bridgehead atoms. The van der Waals surface area contributed by atoms with Gasteiger partial charge in [-0.05, 0) is 51.5 Å². The van der Waals surface area contributed by atoms with Crippen molar-refractivity contribution in [3.63, 3.8) is 0 Å². The summed E-state index contributed by atoms with van der Waals surface area (Å²) in [4.78, 5) is 20.7. The third-order valence-corrected chi connectivity index (χ3v) is 4.85. The van der Waals surface area contributed by atoms with E-state index in [2.05, 4.69) is 25.9 Å². The molecule has 1 amide bonds. The maximum Gasteiger partial charge on any atom is 0.223 e. The molecule has 1 heterocycles.